The highest BCUT2D eigenvalue weighted by atomic mass is 19.1. The van der Waals surface area contributed by atoms with E-state index in [1.165, 1.54) is 6.07 Å². The number of carbonyl (C=O) groups is 2. The van der Waals surface area contributed by atoms with Gasteiger partial charge in [-0.2, -0.15) is 0 Å². The number of hydrogen-bond acceptors (Lipinski definition) is 2. The summed E-state index contributed by atoms with van der Waals surface area (Å²) in [7, 11) is 0. The third-order valence-corrected chi connectivity index (χ3v) is 4.74. The van der Waals surface area contributed by atoms with E-state index < -0.39 is 29.1 Å². The average molecular weight is 352 g/mol. The van der Waals surface area contributed by atoms with Gasteiger partial charge in [0.25, 0.3) is 5.91 Å². The van der Waals surface area contributed by atoms with E-state index >= 15 is 0 Å². The van der Waals surface area contributed by atoms with E-state index in [0.29, 0.717) is 19.0 Å². The minimum atomic E-state index is -0.934. The summed E-state index contributed by atoms with van der Waals surface area (Å²) in [6.07, 6.45) is 2.92. The molecule has 0 bridgehead atoms. The van der Waals surface area contributed by atoms with Crippen LogP contribution in [0.25, 0.3) is 0 Å². The zero-order valence-electron chi connectivity index (χ0n) is 15.0. The van der Waals surface area contributed by atoms with Gasteiger partial charge in [-0.1, -0.05) is 26.8 Å². The standard InChI is InChI=1S/C19H26F2N2O2/c1-12(2)17(19(25)23-10-5-6-13(3)9-11-23)22-18(24)16-14(20)7-4-8-15(16)21/h4,7-8,12-13,17H,5-6,9-11H2,1-3H3,(H,22,24)/t13-,17-/m0/s1. The third kappa shape index (κ3) is 4.77. The first kappa shape index (κ1) is 19.3. The number of benzene rings is 1. The van der Waals surface area contributed by atoms with Crippen LogP contribution in [-0.2, 0) is 4.79 Å². The van der Waals surface area contributed by atoms with E-state index in [4.69, 9.17) is 0 Å². The Kier molecular flexibility index (Phi) is 6.51. The lowest BCUT2D eigenvalue weighted by atomic mass is 10.0. The minimum absolute atomic E-state index is 0.186. The van der Waals surface area contributed by atoms with E-state index in [2.05, 4.69) is 12.2 Å². The van der Waals surface area contributed by atoms with Crippen molar-refractivity contribution in [1.29, 1.82) is 0 Å². The molecule has 2 amide bonds. The number of rotatable bonds is 4. The van der Waals surface area contributed by atoms with Gasteiger partial charge in [0.15, 0.2) is 0 Å². The molecule has 0 unspecified atom stereocenters. The normalized spacial score (nSPS) is 19.4. The van der Waals surface area contributed by atoms with Crippen LogP contribution in [0.2, 0.25) is 0 Å². The smallest absolute Gasteiger partial charge is 0.257 e. The minimum Gasteiger partial charge on any atom is -0.341 e. The zero-order chi connectivity index (χ0) is 18.6. The second-order valence-corrected chi connectivity index (χ2v) is 7.15. The summed E-state index contributed by atoms with van der Waals surface area (Å²) in [5, 5.41) is 2.53. The molecule has 0 aliphatic carbocycles. The fourth-order valence-electron chi connectivity index (χ4n) is 3.12. The monoisotopic (exact) mass is 352 g/mol. The maximum absolute atomic E-state index is 13.8. The van der Waals surface area contributed by atoms with Crippen molar-refractivity contribution in [2.24, 2.45) is 11.8 Å². The first-order valence-corrected chi connectivity index (χ1v) is 8.85. The van der Waals surface area contributed by atoms with Gasteiger partial charge in [-0.15, -0.1) is 0 Å². The number of amides is 2. The first-order chi connectivity index (χ1) is 11.8. The van der Waals surface area contributed by atoms with Gasteiger partial charge in [0.2, 0.25) is 5.91 Å². The highest BCUT2D eigenvalue weighted by Gasteiger charge is 2.31. The Bertz CT molecular complexity index is 614. The van der Waals surface area contributed by atoms with E-state index in [1.807, 2.05) is 0 Å². The van der Waals surface area contributed by atoms with Crippen molar-refractivity contribution in [2.75, 3.05) is 13.1 Å². The van der Waals surface area contributed by atoms with Crippen molar-refractivity contribution in [1.82, 2.24) is 10.2 Å². The molecule has 1 aromatic rings. The van der Waals surface area contributed by atoms with E-state index in [-0.39, 0.29) is 11.8 Å². The van der Waals surface area contributed by atoms with Crippen molar-refractivity contribution in [3.05, 3.63) is 35.4 Å². The Hall–Kier alpha value is -1.98. The van der Waals surface area contributed by atoms with E-state index in [0.717, 1.165) is 31.4 Å². The first-order valence-electron chi connectivity index (χ1n) is 8.85. The molecule has 0 spiro atoms. The molecule has 2 atom stereocenters. The Balaban J connectivity index is 2.15. The molecular formula is C19H26F2N2O2. The summed E-state index contributed by atoms with van der Waals surface area (Å²) in [5.74, 6) is -2.57. The summed E-state index contributed by atoms with van der Waals surface area (Å²) in [4.78, 5) is 27.0. The van der Waals surface area contributed by atoms with Crippen LogP contribution in [0.15, 0.2) is 18.2 Å². The van der Waals surface area contributed by atoms with Gasteiger partial charge in [-0.25, -0.2) is 8.78 Å². The van der Waals surface area contributed by atoms with Crippen LogP contribution in [0, 0.1) is 23.5 Å². The molecule has 1 aliphatic heterocycles. The van der Waals surface area contributed by atoms with Gasteiger partial charge in [0.05, 0.1) is 0 Å². The predicted octanol–water partition coefficient (Wildman–Crippen LogP) is 3.37. The van der Waals surface area contributed by atoms with Crippen LogP contribution in [0.5, 0.6) is 0 Å². The maximum atomic E-state index is 13.8. The molecule has 25 heavy (non-hydrogen) atoms. The Morgan fingerprint density at radius 3 is 2.40 bits per heavy atom. The lowest BCUT2D eigenvalue weighted by Crippen LogP contribution is -2.51. The van der Waals surface area contributed by atoms with Gasteiger partial charge in [0.1, 0.15) is 23.2 Å². The zero-order valence-corrected chi connectivity index (χ0v) is 15.0. The molecular weight excluding hydrogens is 326 g/mol. The topological polar surface area (TPSA) is 49.4 Å². The third-order valence-electron chi connectivity index (χ3n) is 4.74. The van der Waals surface area contributed by atoms with E-state index in [1.54, 1.807) is 18.7 Å². The summed E-state index contributed by atoms with van der Waals surface area (Å²) in [6, 6.07) is 2.45. The van der Waals surface area contributed by atoms with E-state index in [9.17, 15) is 18.4 Å². The molecule has 1 heterocycles. The van der Waals surface area contributed by atoms with Crippen molar-refractivity contribution in [3.8, 4) is 0 Å². The Morgan fingerprint density at radius 1 is 1.16 bits per heavy atom. The van der Waals surface area contributed by atoms with Crippen LogP contribution >= 0.6 is 0 Å². The molecule has 138 valence electrons. The van der Waals surface area contributed by atoms with Gasteiger partial charge >= 0.3 is 0 Å². The molecule has 1 fully saturated rings. The molecule has 0 aromatic heterocycles. The Labute approximate surface area is 147 Å². The van der Waals surface area contributed by atoms with Crippen LogP contribution in [0.3, 0.4) is 0 Å². The molecule has 0 radical (unpaired) electrons. The van der Waals surface area contributed by atoms with Gasteiger partial charge in [-0.05, 0) is 43.2 Å². The molecule has 2 rings (SSSR count). The highest BCUT2D eigenvalue weighted by Crippen LogP contribution is 2.19. The quantitative estimate of drug-likeness (QED) is 0.903. The predicted molar refractivity (Wildman–Crippen MR) is 92.0 cm³/mol. The molecule has 6 heteroatoms. The summed E-state index contributed by atoms with van der Waals surface area (Å²) >= 11 is 0. The number of halogens is 2. The maximum Gasteiger partial charge on any atom is 0.257 e. The fraction of sp³-hybridized carbons (Fsp3) is 0.579. The van der Waals surface area contributed by atoms with Gasteiger partial charge < -0.3 is 10.2 Å². The van der Waals surface area contributed by atoms with Gasteiger partial charge in [-0.3, -0.25) is 9.59 Å². The lowest BCUT2D eigenvalue weighted by molar-refractivity contribution is -0.134. The summed E-state index contributed by atoms with van der Waals surface area (Å²) in [5.41, 5.74) is -0.648. The molecule has 4 nitrogen and oxygen atoms in total. The molecule has 1 N–H and O–H groups in total. The summed E-state index contributed by atoms with van der Waals surface area (Å²) in [6.45, 7) is 7.07. The lowest BCUT2D eigenvalue weighted by Gasteiger charge is -2.29. The average Bonchev–Trinajstić information content (AvgIpc) is 2.76. The number of likely N-dealkylation sites (tertiary alicyclic amines) is 1. The molecule has 1 aliphatic rings. The number of nitrogens with zero attached hydrogens (tertiary/aromatic N) is 1. The molecule has 1 aromatic carbocycles. The number of nitrogens with one attached hydrogen (secondary N) is 1. The van der Waals surface area contributed by atoms with Crippen LogP contribution < -0.4 is 5.32 Å². The van der Waals surface area contributed by atoms with Crippen molar-refractivity contribution >= 4 is 11.8 Å². The second kappa shape index (κ2) is 8.41. The van der Waals surface area contributed by atoms with Crippen LogP contribution in [0.4, 0.5) is 8.78 Å². The molecule has 0 saturated carbocycles. The molecule has 1 saturated heterocycles. The Morgan fingerprint density at radius 2 is 1.80 bits per heavy atom. The fourth-order valence-corrected chi connectivity index (χ4v) is 3.12. The highest BCUT2D eigenvalue weighted by molar-refractivity contribution is 5.98. The van der Waals surface area contributed by atoms with Crippen LogP contribution in [0.1, 0.15) is 50.4 Å². The SMILES string of the molecule is CC(C)[C@H](NC(=O)c1c(F)cccc1F)C(=O)N1CCC[C@H](C)CC1. The van der Waals surface area contributed by atoms with Gasteiger partial charge in [0, 0.05) is 13.1 Å². The van der Waals surface area contributed by atoms with Crippen molar-refractivity contribution in [3.63, 3.8) is 0 Å². The second-order valence-electron chi connectivity index (χ2n) is 7.15. The number of hydrogen-bond donors (Lipinski definition) is 1. The summed E-state index contributed by atoms with van der Waals surface area (Å²) < 4.78 is 27.6. The largest absolute Gasteiger partial charge is 0.341 e. The van der Waals surface area contributed by atoms with Crippen molar-refractivity contribution in [2.45, 2.75) is 46.1 Å². The van der Waals surface area contributed by atoms with Crippen molar-refractivity contribution < 1.29 is 18.4 Å². The number of carbonyl (C=O) groups excluding carboxylic acids is 2. The van der Waals surface area contributed by atoms with Crippen LogP contribution in [-0.4, -0.2) is 35.8 Å².